The summed E-state index contributed by atoms with van der Waals surface area (Å²) in [5.41, 5.74) is 0.779. The van der Waals surface area contributed by atoms with Gasteiger partial charge < -0.3 is 10.1 Å². The van der Waals surface area contributed by atoms with Gasteiger partial charge in [-0.3, -0.25) is 9.69 Å². The lowest BCUT2D eigenvalue weighted by atomic mass is 10.0. The highest BCUT2D eigenvalue weighted by atomic mass is 35.5. The Labute approximate surface area is 134 Å². The molecule has 2 aliphatic rings. The largest absolute Gasteiger partial charge is 0.371 e. The molecule has 2 atom stereocenters. The van der Waals surface area contributed by atoms with Crippen molar-refractivity contribution in [1.82, 2.24) is 10.2 Å². The summed E-state index contributed by atoms with van der Waals surface area (Å²) in [6.07, 6.45) is 2.72. The number of hydrogen-bond acceptors (Lipinski definition) is 3. The molecule has 0 saturated carbocycles. The van der Waals surface area contributed by atoms with Crippen molar-refractivity contribution in [2.45, 2.75) is 31.4 Å². The number of nitrogens with one attached hydrogen (secondary N) is 1. The van der Waals surface area contributed by atoms with Crippen molar-refractivity contribution in [3.05, 3.63) is 34.6 Å². The van der Waals surface area contributed by atoms with Crippen LogP contribution in [0.3, 0.4) is 0 Å². The van der Waals surface area contributed by atoms with Gasteiger partial charge in [0.05, 0.1) is 18.8 Å². The van der Waals surface area contributed by atoms with Gasteiger partial charge in [0.2, 0.25) is 5.91 Å². The molecule has 1 N–H and O–H groups in total. The number of halogens is 2. The number of amides is 1. The maximum absolute atomic E-state index is 13.2. The Morgan fingerprint density at radius 1 is 1.36 bits per heavy atom. The van der Waals surface area contributed by atoms with E-state index >= 15 is 0 Å². The number of nitrogens with zero attached hydrogens (tertiary/aromatic N) is 1. The molecule has 120 valence electrons. The Kier molecular flexibility index (Phi) is 4.96. The standard InChI is InChI=1S/C16H20ClFN2O2/c17-13-9-11(18)4-5-12(13)15-10-20(7-8-22-15)14-3-1-2-6-19-16(14)21/h4-5,9,14-15H,1-3,6-8,10H2,(H,19,21)/t14-,15+/m1/s1. The smallest absolute Gasteiger partial charge is 0.237 e. The SMILES string of the molecule is O=C1NCCCC[C@H]1N1CCO[C@H](c2ccc(F)cc2Cl)C1. The van der Waals surface area contributed by atoms with Crippen LogP contribution in [-0.4, -0.2) is 43.1 Å². The summed E-state index contributed by atoms with van der Waals surface area (Å²) >= 11 is 6.13. The number of hydrogen-bond donors (Lipinski definition) is 1. The molecule has 0 bridgehead atoms. The summed E-state index contributed by atoms with van der Waals surface area (Å²) in [5.74, 6) is -0.257. The average Bonchev–Trinajstić information content (AvgIpc) is 2.72. The molecule has 0 unspecified atom stereocenters. The Hall–Kier alpha value is -1.17. The third-order valence-corrected chi connectivity index (χ3v) is 4.68. The number of carbonyl (C=O) groups excluding carboxylic acids is 1. The van der Waals surface area contributed by atoms with Gasteiger partial charge in [-0.15, -0.1) is 0 Å². The molecular formula is C16H20ClFN2O2. The molecule has 4 nitrogen and oxygen atoms in total. The first-order valence-corrected chi connectivity index (χ1v) is 8.11. The lowest BCUT2D eigenvalue weighted by Crippen LogP contribution is -2.51. The van der Waals surface area contributed by atoms with Crippen LogP contribution in [0.5, 0.6) is 0 Å². The number of carbonyl (C=O) groups is 1. The van der Waals surface area contributed by atoms with Crippen LogP contribution in [0, 0.1) is 5.82 Å². The van der Waals surface area contributed by atoms with Crippen LogP contribution in [-0.2, 0) is 9.53 Å². The number of ether oxygens (including phenoxy) is 1. The van der Waals surface area contributed by atoms with Crippen LogP contribution in [0.4, 0.5) is 4.39 Å². The van der Waals surface area contributed by atoms with Crippen molar-refractivity contribution in [3.63, 3.8) is 0 Å². The molecule has 1 amide bonds. The van der Waals surface area contributed by atoms with Crippen molar-refractivity contribution in [2.75, 3.05) is 26.2 Å². The van der Waals surface area contributed by atoms with E-state index in [2.05, 4.69) is 10.2 Å². The van der Waals surface area contributed by atoms with E-state index in [1.54, 1.807) is 6.07 Å². The fourth-order valence-corrected chi connectivity index (χ4v) is 3.46. The molecule has 3 rings (SSSR count). The Balaban J connectivity index is 1.74. The zero-order chi connectivity index (χ0) is 15.5. The Bertz CT molecular complexity index is 555. The zero-order valence-corrected chi connectivity index (χ0v) is 13.1. The second-order valence-electron chi connectivity index (χ2n) is 5.82. The minimum atomic E-state index is -0.357. The van der Waals surface area contributed by atoms with Gasteiger partial charge in [0.15, 0.2) is 0 Å². The Morgan fingerprint density at radius 3 is 3.05 bits per heavy atom. The third kappa shape index (κ3) is 3.42. The molecule has 6 heteroatoms. The fraction of sp³-hybridized carbons (Fsp3) is 0.562. The molecule has 0 spiro atoms. The fourth-order valence-electron chi connectivity index (χ4n) is 3.17. The van der Waals surface area contributed by atoms with Crippen LogP contribution in [0.25, 0.3) is 0 Å². The Morgan fingerprint density at radius 2 is 2.23 bits per heavy atom. The lowest BCUT2D eigenvalue weighted by Gasteiger charge is -2.37. The molecule has 2 heterocycles. The number of rotatable bonds is 2. The summed E-state index contributed by atoms with van der Waals surface area (Å²) in [7, 11) is 0. The van der Waals surface area contributed by atoms with E-state index in [4.69, 9.17) is 16.3 Å². The first kappa shape index (κ1) is 15.7. The molecule has 0 radical (unpaired) electrons. The molecule has 0 aromatic heterocycles. The normalized spacial score (nSPS) is 27.3. The molecule has 2 fully saturated rings. The van der Waals surface area contributed by atoms with E-state index in [0.717, 1.165) is 37.9 Å². The lowest BCUT2D eigenvalue weighted by molar-refractivity contribution is -0.129. The predicted molar refractivity (Wildman–Crippen MR) is 82.3 cm³/mol. The van der Waals surface area contributed by atoms with E-state index in [-0.39, 0.29) is 23.9 Å². The van der Waals surface area contributed by atoms with Gasteiger partial charge in [-0.25, -0.2) is 4.39 Å². The van der Waals surface area contributed by atoms with E-state index in [1.807, 2.05) is 0 Å². The van der Waals surface area contributed by atoms with Crippen molar-refractivity contribution in [2.24, 2.45) is 0 Å². The van der Waals surface area contributed by atoms with Gasteiger partial charge in [-0.2, -0.15) is 0 Å². The summed E-state index contributed by atoms with van der Waals surface area (Å²) in [5, 5.41) is 3.34. The van der Waals surface area contributed by atoms with E-state index in [1.165, 1.54) is 12.1 Å². The van der Waals surface area contributed by atoms with Crippen molar-refractivity contribution >= 4 is 17.5 Å². The summed E-state index contributed by atoms with van der Waals surface area (Å²) in [4.78, 5) is 14.4. The predicted octanol–water partition coefficient (Wildman–Crippen LogP) is 2.52. The molecule has 22 heavy (non-hydrogen) atoms. The maximum Gasteiger partial charge on any atom is 0.237 e. The van der Waals surface area contributed by atoms with Crippen LogP contribution in [0.2, 0.25) is 5.02 Å². The van der Waals surface area contributed by atoms with E-state index in [0.29, 0.717) is 18.2 Å². The zero-order valence-electron chi connectivity index (χ0n) is 12.4. The minimum absolute atomic E-state index is 0.100. The molecular weight excluding hydrogens is 307 g/mol. The molecule has 2 aliphatic heterocycles. The second kappa shape index (κ2) is 6.94. The van der Waals surface area contributed by atoms with Crippen molar-refractivity contribution in [1.29, 1.82) is 0 Å². The molecule has 1 aromatic carbocycles. The minimum Gasteiger partial charge on any atom is -0.371 e. The van der Waals surface area contributed by atoms with E-state index in [9.17, 15) is 9.18 Å². The molecule has 2 saturated heterocycles. The topological polar surface area (TPSA) is 41.6 Å². The molecule has 0 aliphatic carbocycles. The van der Waals surface area contributed by atoms with Crippen LogP contribution >= 0.6 is 11.6 Å². The van der Waals surface area contributed by atoms with Crippen molar-refractivity contribution in [3.8, 4) is 0 Å². The highest BCUT2D eigenvalue weighted by Gasteiger charge is 2.32. The third-order valence-electron chi connectivity index (χ3n) is 4.35. The summed E-state index contributed by atoms with van der Waals surface area (Å²) < 4.78 is 19.0. The quantitative estimate of drug-likeness (QED) is 0.908. The van der Waals surface area contributed by atoms with Gasteiger partial charge in [-0.1, -0.05) is 17.7 Å². The van der Waals surface area contributed by atoms with Crippen LogP contribution in [0.15, 0.2) is 18.2 Å². The van der Waals surface area contributed by atoms with Gasteiger partial charge >= 0.3 is 0 Å². The highest BCUT2D eigenvalue weighted by molar-refractivity contribution is 6.31. The maximum atomic E-state index is 13.2. The van der Waals surface area contributed by atoms with Gasteiger partial charge in [0.1, 0.15) is 5.82 Å². The summed E-state index contributed by atoms with van der Waals surface area (Å²) in [6, 6.07) is 4.26. The van der Waals surface area contributed by atoms with Gasteiger partial charge in [0.25, 0.3) is 0 Å². The highest BCUT2D eigenvalue weighted by Crippen LogP contribution is 2.30. The second-order valence-corrected chi connectivity index (χ2v) is 6.23. The summed E-state index contributed by atoms with van der Waals surface area (Å²) in [6.45, 7) is 2.63. The van der Waals surface area contributed by atoms with Crippen LogP contribution < -0.4 is 5.32 Å². The van der Waals surface area contributed by atoms with Gasteiger partial charge in [-0.05, 0) is 31.4 Å². The first-order valence-electron chi connectivity index (χ1n) is 7.73. The van der Waals surface area contributed by atoms with Gasteiger partial charge in [0, 0.05) is 30.2 Å². The first-order chi connectivity index (χ1) is 10.6. The van der Waals surface area contributed by atoms with Crippen molar-refractivity contribution < 1.29 is 13.9 Å². The monoisotopic (exact) mass is 326 g/mol. The molecule has 1 aromatic rings. The number of morpholine rings is 1. The number of benzene rings is 1. The average molecular weight is 327 g/mol. The van der Waals surface area contributed by atoms with Crippen LogP contribution in [0.1, 0.15) is 30.9 Å². The van der Waals surface area contributed by atoms with E-state index < -0.39 is 0 Å².